The van der Waals surface area contributed by atoms with E-state index in [0.717, 1.165) is 16.7 Å². The average Bonchev–Trinajstić information content (AvgIpc) is 3.13. The number of rotatable bonds is 6. The van der Waals surface area contributed by atoms with E-state index in [9.17, 15) is 19.2 Å². The van der Waals surface area contributed by atoms with Gasteiger partial charge in [0.1, 0.15) is 11.8 Å². The molecule has 0 bridgehead atoms. The van der Waals surface area contributed by atoms with E-state index in [1.54, 1.807) is 25.3 Å². The number of methoxy groups -OCH3 is 1. The third-order valence-corrected chi connectivity index (χ3v) is 6.13. The number of urea groups is 1. The number of amides is 5. The molecule has 9 nitrogen and oxygen atoms in total. The van der Waals surface area contributed by atoms with Crippen molar-refractivity contribution in [3.63, 3.8) is 0 Å². The second-order valence-corrected chi connectivity index (χ2v) is 8.85. The zero-order chi connectivity index (χ0) is 24.4. The van der Waals surface area contributed by atoms with Crippen molar-refractivity contribution < 1.29 is 23.9 Å². The van der Waals surface area contributed by atoms with E-state index in [1.807, 2.05) is 18.2 Å². The van der Waals surface area contributed by atoms with Crippen molar-refractivity contribution in [1.82, 2.24) is 15.5 Å². The molecule has 1 atom stereocenters. The van der Waals surface area contributed by atoms with E-state index in [-0.39, 0.29) is 36.7 Å². The lowest BCUT2D eigenvalue weighted by molar-refractivity contribution is -0.136. The van der Waals surface area contributed by atoms with Gasteiger partial charge in [0, 0.05) is 36.8 Å². The van der Waals surface area contributed by atoms with Crippen molar-refractivity contribution in [2.75, 3.05) is 12.4 Å². The first-order valence-corrected chi connectivity index (χ1v) is 11.3. The van der Waals surface area contributed by atoms with Gasteiger partial charge in [-0.05, 0) is 47.2 Å². The van der Waals surface area contributed by atoms with E-state index >= 15 is 0 Å². The highest BCUT2D eigenvalue weighted by atomic mass is 16.5. The maximum absolute atomic E-state index is 12.8. The molecule has 5 amide bonds. The number of anilines is 1. The van der Waals surface area contributed by atoms with Crippen LogP contribution < -0.4 is 20.7 Å². The topological polar surface area (TPSA) is 117 Å². The maximum atomic E-state index is 12.8. The van der Waals surface area contributed by atoms with Gasteiger partial charge < -0.3 is 20.3 Å². The van der Waals surface area contributed by atoms with E-state index in [4.69, 9.17) is 4.74 Å². The van der Waals surface area contributed by atoms with E-state index in [1.165, 1.54) is 4.90 Å². The molecule has 1 unspecified atom stereocenters. The number of nitrogens with one attached hydrogen (secondary N) is 3. The van der Waals surface area contributed by atoms with Gasteiger partial charge in [-0.1, -0.05) is 26.0 Å². The molecule has 0 aliphatic carbocycles. The van der Waals surface area contributed by atoms with Crippen LogP contribution >= 0.6 is 0 Å². The molecule has 4 rings (SSSR count). The number of ether oxygens (including phenoxy) is 1. The van der Waals surface area contributed by atoms with Crippen molar-refractivity contribution in [3.8, 4) is 5.75 Å². The number of carbonyl (C=O) groups is 4. The number of nitrogens with zero attached hydrogens (tertiary/aromatic N) is 1. The number of carbonyl (C=O) groups excluding carboxylic acids is 4. The third kappa shape index (κ3) is 4.88. The summed E-state index contributed by atoms with van der Waals surface area (Å²) in [6, 6.07) is 9.98. The lowest BCUT2D eigenvalue weighted by Crippen LogP contribution is -2.52. The molecule has 178 valence electrons. The molecular weight excluding hydrogens is 436 g/mol. The Balaban J connectivity index is 1.38. The van der Waals surface area contributed by atoms with Crippen molar-refractivity contribution in [2.24, 2.45) is 0 Å². The SMILES string of the molecule is COc1cc(NC(=O)NCc2ccc3c(c2)CN(C2CCC(=O)NC2=O)C3=O)cc(C(C)C)c1. The normalized spacial score (nSPS) is 17.5. The summed E-state index contributed by atoms with van der Waals surface area (Å²) in [5.74, 6) is -0.0146. The van der Waals surface area contributed by atoms with Crippen LogP contribution in [-0.2, 0) is 22.7 Å². The summed E-state index contributed by atoms with van der Waals surface area (Å²) >= 11 is 0. The predicted octanol–water partition coefficient (Wildman–Crippen LogP) is 2.90. The smallest absolute Gasteiger partial charge is 0.319 e. The predicted molar refractivity (Wildman–Crippen MR) is 125 cm³/mol. The van der Waals surface area contributed by atoms with Crippen LogP contribution in [0, 0.1) is 0 Å². The minimum absolute atomic E-state index is 0.215. The summed E-state index contributed by atoms with van der Waals surface area (Å²) in [6.07, 6.45) is 0.536. The Labute approximate surface area is 197 Å². The van der Waals surface area contributed by atoms with Gasteiger partial charge in [-0.25, -0.2) is 4.79 Å². The summed E-state index contributed by atoms with van der Waals surface area (Å²) in [4.78, 5) is 50.4. The standard InChI is InChI=1S/C25H28N4O5/c1-14(2)16-9-18(11-19(10-16)34-3)27-25(33)26-12-15-4-5-20-17(8-15)13-29(24(20)32)21-6-7-22(30)28-23(21)31/h4-5,8-11,14,21H,6-7,12-13H2,1-3H3,(H2,26,27,33)(H,28,30,31). The molecule has 34 heavy (non-hydrogen) atoms. The Bertz CT molecular complexity index is 1160. The maximum Gasteiger partial charge on any atom is 0.319 e. The molecule has 0 aromatic heterocycles. The molecule has 1 fully saturated rings. The Hall–Kier alpha value is -3.88. The largest absolute Gasteiger partial charge is 0.497 e. The Kier molecular flexibility index (Phi) is 6.54. The van der Waals surface area contributed by atoms with Gasteiger partial charge >= 0.3 is 6.03 Å². The highest BCUT2D eigenvalue weighted by molar-refractivity contribution is 6.05. The Morgan fingerprint density at radius 3 is 2.68 bits per heavy atom. The summed E-state index contributed by atoms with van der Waals surface area (Å²) in [5, 5.41) is 7.97. The van der Waals surface area contributed by atoms with Crippen LogP contribution in [-0.4, -0.2) is 41.8 Å². The van der Waals surface area contributed by atoms with Crippen molar-refractivity contribution in [1.29, 1.82) is 0 Å². The van der Waals surface area contributed by atoms with Gasteiger partial charge in [0.05, 0.1) is 7.11 Å². The highest BCUT2D eigenvalue weighted by Crippen LogP contribution is 2.28. The molecule has 3 N–H and O–H groups in total. The van der Waals surface area contributed by atoms with Gasteiger partial charge in [-0.2, -0.15) is 0 Å². The van der Waals surface area contributed by atoms with Crippen molar-refractivity contribution in [2.45, 2.75) is 51.7 Å². The lowest BCUT2D eigenvalue weighted by Gasteiger charge is -2.29. The minimum atomic E-state index is -0.649. The van der Waals surface area contributed by atoms with Crippen molar-refractivity contribution in [3.05, 3.63) is 58.7 Å². The molecule has 0 spiro atoms. The van der Waals surface area contributed by atoms with E-state index in [2.05, 4.69) is 29.8 Å². The number of hydrogen-bond donors (Lipinski definition) is 3. The number of benzene rings is 2. The number of hydrogen-bond acceptors (Lipinski definition) is 5. The van der Waals surface area contributed by atoms with Gasteiger partial charge in [0.15, 0.2) is 0 Å². The summed E-state index contributed by atoms with van der Waals surface area (Å²) in [7, 11) is 1.59. The lowest BCUT2D eigenvalue weighted by atomic mass is 10.0. The van der Waals surface area contributed by atoms with Crippen LogP contribution in [0.15, 0.2) is 36.4 Å². The molecular formula is C25H28N4O5. The fraction of sp³-hybridized carbons (Fsp3) is 0.360. The number of piperidine rings is 1. The summed E-state index contributed by atoms with van der Waals surface area (Å²) < 4.78 is 5.33. The molecule has 2 heterocycles. The van der Waals surface area contributed by atoms with Crippen LogP contribution in [0.2, 0.25) is 0 Å². The molecule has 0 saturated carbocycles. The Morgan fingerprint density at radius 2 is 1.97 bits per heavy atom. The first kappa shape index (κ1) is 23.3. The third-order valence-electron chi connectivity index (χ3n) is 6.13. The summed E-state index contributed by atoms with van der Waals surface area (Å²) in [6.45, 7) is 4.70. The van der Waals surface area contributed by atoms with Crippen LogP contribution in [0.25, 0.3) is 0 Å². The highest BCUT2D eigenvalue weighted by Gasteiger charge is 2.39. The summed E-state index contributed by atoms with van der Waals surface area (Å²) in [5.41, 5.74) is 3.86. The van der Waals surface area contributed by atoms with E-state index < -0.39 is 11.9 Å². The average molecular weight is 465 g/mol. The van der Waals surface area contributed by atoms with Crippen molar-refractivity contribution >= 4 is 29.4 Å². The quantitative estimate of drug-likeness (QED) is 0.569. The van der Waals surface area contributed by atoms with Crippen LogP contribution in [0.4, 0.5) is 10.5 Å². The molecule has 2 aromatic rings. The second-order valence-electron chi connectivity index (χ2n) is 8.85. The molecule has 2 aliphatic rings. The first-order valence-electron chi connectivity index (χ1n) is 11.3. The fourth-order valence-electron chi connectivity index (χ4n) is 4.24. The van der Waals surface area contributed by atoms with Gasteiger partial charge in [-0.3, -0.25) is 19.7 Å². The first-order chi connectivity index (χ1) is 16.2. The number of imide groups is 1. The second kappa shape index (κ2) is 9.54. The molecule has 1 saturated heterocycles. The molecule has 2 aromatic carbocycles. The van der Waals surface area contributed by atoms with Crippen LogP contribution in [0.1, 0.15) is 59.7 Å². The minimum Gasteiger partial charge on any atom is -0.497 e. The monoisotopic (exact) mass is 464 g/mol. The van der Waals surface area contributed by atoms with E-state index in [0.29, 0.717) is 30.0 Å². The molecule has 9 heteroatoms. The zero-order valence-electron chi connectivity index (χ0n) is 19.4. The number of fused-ring (bicyclic) bond motifs is 1. The van der Waals surface area contributed by atoms with Gasteiger partial charge in [-0.15, -0.1) is 0 Å². The van der Waals surface area contributed by atoms with Gasteiger partial charge in [0.25, 0.3) is 5.91 Å². The van der Waals surface area contributed by atoms with Crippen LogP contribution in [0.5, 0.6) is 5.75 Å². The fourth-order valence-corrected chi connectivity index (χ4v) is 4.24. The molecule has 0 radical (unpaired) electrons. The van der Waals surface area contributed by atoms with Gasteiger partial charge in [0.2, 0.25) is 11.8 Å². The Morgan fingerprint density at radius 1 is 1.18 bits per heavy atom. The van der Waals surface area contributed by atoms with Crippen LogP contribution in [0.3, 0.4) is 0 Å². The zero-order valence-corrected chi connectivity index (χ0v) is 19.4. The molecule has 2 aliphatic heterocycles.